The molecule has 0 saturated carbocycles. The number of nitrogens with one attached hydrogen (secondary N) is 1. The molecule has 5 nitrogen and oxygen atoms in total. The summed E-state index contributed by atoms with van der Waals surface area (Å²) in [7, 11) is 0. The molecule has 1 N–H and O–H groups in total. The number of halogens is 1. The Morgan fingerprint density at radius 1 is 1.23 bits per heavy atom. The standard InChI is InChI=1S/C20H32FN3O2/c1-6-24(7-2)14-10-11-16(5)22-20(26-15(3)4)23-19(25)17-12-8-9-13-18(17)21/h8-9,12-13,15-16H,6-7,10-11,14H2,1-5H3,(H,22,23,25)/t16-/m0/s1. The van der Waals surface area contributed by atoms with Crippen molar-refractivity contribution in [3.63, 3.8) is 0 Å². The minimum atomic E-state index is -0.568. The summed E-state index contributed by atoms with van der Waals surface area (Å²) in [6.07, 6.45) is 1.76. The van der Waals surface area contributed by atoms with Gasteiger partial charge in [-0.3, -0.25) is 10.1 Å². The molecule has 0 aliphatic rings. The number of nitrogens with zero attached hydrogens (tertiary/aromatic N) is 2. The van der Waals surface area contributed by atoms with Gasteiger partial charge in [0.15, 0.2) is 0 Å². The van der Waals surface area contributed by atoms with Gasteiger partial charge in [-0.15, -0.1) is 0 Å². The van der Waals surface area contributed by atoms with Gasteiger partial charge in [0, 0.05) is 0 Å². The van der Waals surface area contributed by atoms with E-state index in [9.17, 15) is 9.18 Å². The molecule has 1 aromatic carbocycles. The Labute approximate surface area is 156 Å². The fourth-order valence-corrected chi connectivity index (χ4v) is 2.54. The molecule has 0 heterocycles. The third-order valence-electron chi connectivity index (χ3n) is 4.01. The number of ether oxygens (including phenoxy) is 1. The lowest BCUT2D eigenvalue weighted by Gasteiger charge is -2.19. The summed E-state index contributed by atoms with van der Waals surface area (Å²) in [4.78, 5) is 19.1. The first-order chi connectivity index (χ1) is 12.4. The molecular formula is C20H32FN3O2. The molecule has 1 rings (SSSR count). The zero-order valence-electron chi connectivity index (χ0n) is 16.6. The van der Waals surface area contributed by atoms with Gasteiger partial charge in [-0.2, -0.15) is 0 Å². The van der Waals surface area contributed by atoms with E-state index in [2.05, 4.69) is 29.1 Å². The van der Waals surface area contributed by atoms with Crippen LogP contribution in [0.15, 0.2) is 29.3 Å². The molecule has 0 fully saturated rings. The van der Waals surface area contributed by atoms with Crippen molar-refractivity contribution < 1.29 is 13.9 Å². The summed E-state index contributed by atoms with van der Waals surface area (Å²) < 4.78 is 19.4. The Morgan fingerprint density at radius 3 is 2.46 bits per heavy atom. The van der Waals surface area contributed by atoms with Crippen LogP contribution < -0.4 is 5.32 Å². The van der Waals surface area contributed by atoms with Crippen molar-refractivity contribution in [3.05, 3.63) is 35.6 Å². The van der Waals surface area contributed by atoms with Crippen LogP contribution in [0.4, 0.5) is 4.39 Å². The quantitative estimate of drug-likeness (QED) is 0.534. The van der Waals surface area contributed by atoms with Crippen LogP contribution in [0, 0.1) is 5.82 Å². The number of aliphatic imine (C=N–C) groups is 1. The molecule has 6 heteroatoms. The first-order valence-electron chi connectivity index (χ1n) is 9.40. The minimum absolute atomic E-state index is 0.000215. The first kappa shape index (κ1) is 22.1. The second-order valence-corrected chi connectivity index (χ2v) is 6.55. The van der Waals surface area contributed by atoms with Gasteiger partial charge in [-0.1, -0.05) is 26.0 Å². The van der Waals surface area contributed by atoms with Crippen molar-refractivity contribution in [2.75, 3.05) is 19.6 Å². The first-order valence-corrected chi connectivity index (χ1v) is 9.40. The van der Waals surface area contributed by atoms with Gasteiger partial charge in [0.1, 0.15) is 5.82 Å². The molecule has 0 aliphatic carbocycles. The van der Waals surface area contributed by atoms with E-state index < -0.39 is 11.7 Å². The maximum Gasteiger partial charge on any atom is 0.292 e. The number of benzene rings is 1. The lowest BCUT2D eigenvalue weighted by atomic mass is 10.2. The van der Waals surface area contributed by atoms with Crippen molar-refractivity contribution in [2.24, 2.45) is 4.99 Å². The number of hydrogen-bond acceptors (Lipinski definition) is 4. The second kappa shape index (κ2) is 11.6. The average Bonchev–Trinajstić information content (AvgIpc) is 2.58. The summed E-state index contributed by atoms with van der Waals surface area (Å²) in [5, 5.41) is 2.60. The molecule has 1 atom stereocenters. The summed E-state index contributed by atoms with van der Waals surface area (Å²) >= 11 is 0. The Morgan fingerprint density at radius 2 is 1.88 bits per heavy atom. The zero-order chi connectivity index (χ0) is 19.5. The highest BCUT2D eigenvalue weighted by Gasteiger charge is 2.16. The van der Waals surface area contributed by atoms with Crippen molar-refractivity contribution in [3.8, 4) is 0 Å². The van der Waals surface area contributed by atoms with Gasteiger partial charge in [0.25, 0.3) is 11.9 Å². The van der Waals surface area contributed by atoms with Crippen LogP contribution in [-0.4, -0.2) is 48.6 Å². The Balaban J connectivity index is 2.71. The highest BCUT2D eigenvalue weighted by molar-refractivity contribution is 6.04. The second-order valence-electron chi connectivity index (χ2n) is 6.55. The fourth-order valence-electron chi connectivity index (χ4n) is 2.54. The van der Waals surface area contributed by atoms with E-state index in [0.717, 1.165) is 32.5 Å². The molecule has 0 bridgehead atoms. The third kappa shape index (κ3) is 7.95. The van der Waals surface area contributed by atoms with Crippen molar-refractivity contribution in [2.45, 2.75) is 59.6 Å². The van der Waals surface area contributed by atoms with Crippen molar-refractivity contribution in [1.29, 1.82) is 0 Å². The fraction of sp³-hybridized carbons (Fsp3) is 0.600. The predicted octanol–water partition coefficient (Wildman–Crippen LogP) is 3.85. The Hall–Kier alpha value is -1.95. The van der Waals surface area contributed by atoms with Crippen molar-refractivity contribution >= 4 is 11.9 Å². The molecule has 1 amide bonds. The van der Waals surface area contributed by atoms with Gasteiger partial charge >= 0.3 is 0 Å². The molecule has 1 aromatic rings. The number of rotatable bonds is 9. The molecule has 0 radical (unpaired) electrons. The Kier molecular flexibility index (Phi) is 9.88. The van der Waals surface area contributed by atoms with Gasteiger partial charge < -0.3 is 9.64 Å². The van der Waals surface area contributed by atoms with Crippen LogP contribution in [0.1, 0.15) is 57.8 Å². The highest BCUT2D eigenvalue weighted by Crippen LogP contribution is 2.08. The number of hydrogen-bond donors (Lipinski definition) is 1. The summed E-state index contributed by atoms with van der Waals surface area (Å²) in [5.74, 6) is -1.13. The van der Waals surface area contributed by atoms with E-state index in [1.807, 2.05) is 20.8 Å². The summed E-state index contributed by atoms with van der Waals surface area (Å²) in [5.41, 5.74) is -0.0262. The maximum absolute atomic E-state index is 13.8. The molecule has 146 valence electrons. The third-order valence-corrected chi connectivity index (χ3v) is 4.01. The molecular weight excluding hydrogens is 333 g/mol. The molecule has 0 unspecified atom stereocenters. The van der Waals surface area contributed by atoms with E-state index in [-0.39, 0.29) is 23.7 Å². The lowest BCUT2D eigenvalue weighted by Crippen LogP contribution is -2.35. The van der Waals surface area contributed by atoms with Gasteiger partial charge in [-0.25, -0.2) is 9.38 Å². The van der Waals surface area contributed by atoms with E-state index >= 15 is 0 Å². The van der Waals surface area contributed by atoms with Crippen LogP contribution >= 0.6 is 0 Å². The van der Waals surface area contributed by atoms with Crippen LogP contribution in [-0.2, 0) is 4.74 Å². The largest absolute Gasteiger partial charge is 0.462 e. The van der Waals surface area contributed by atoms with E-state index in [0.29, 0.717) is 0 Å². The lowest BCUT2D eigenvalue weighted by molar-refractivity contribution is 0.0955. The van der Waals surface area contributed by atoms with Crippen LogP contribution in [0.2, 0.25) is 0 Å². The Bertz CT molecular complexity index is 586. The topological polar surface area (TPSA) is 53.9 Å². The number of carbonyl (C=O) groups excluding carboxylic acids is 1. The SMILES string of the molecule is CCN(CC)CCC[C@H](C)N=C(NC(=O)c1ccccc1F)OC(C)C. The summed E-state index contributed by atoms with van der Waals surface area (Å²) in [6, 6.07) is 6.00. The average molecular weight is 365 g/mol. The molecule has 0 aromatic heterocycles. The van der Waals surface area contributed by atoms with E-state index in [1.165, 1.54) is 12.1 Å². The van der Waals surface area contributed by atoms with Crippen LogP contribution in [0.25, 0.3) is 0 Å². The van der Waals surface area contributed by atoms with Gasteiger partial charge in [-0.05, 0) is 65.4 Å². The number of amidine groups is 1. The summed E-state index contributed by atoms with van der Waals surface area (Å²) in [6.45, 7) is 13.1. The predicted molar refractivity (Wildman–Crippen MR) is 104 cm³/mol. The van der Waals surface area contributed by atoms with Gasteiger partial charge in [0.2, 0.25) is 0 Å². The molecule has 0 spiro atoms. The van der Waals surface area contributed by atoms with E-state index in [1.54, 1.807) is 12.1 Å². The normalized spacial score (nSPS) is 13.2. The van der Waals surface area contributed by atoms with Crippen molar-refractivity contribution in [1.82, 2.24) is 10.2 Å². The van der Waals surface area contributed by atoms with Crippen LogP contribution in [0.5, 0.6) is 0 Å². The maximum atomic E-state index is 13.8. The minimum Gasteiger partial charge on any atom is -0.462 e. The smallest absolute Gasteiger partial charge is 0.292 e. The monoisotopic (exact) mass is 365 g/mol. The van der Waals surface area contributed by atoms with E-state index in [4.69, 9.17) is 4.74 Å². The zero-order valence-corrected chi connectivity index (χ0v) is 16.6. The molecule has 0 aliphatic heterocycles. The number of carbonyl (C=O) groups is 1. The molecule has 0 saturated heterocycles. The highest BCUT2D eigenvalue weighted by atomic mass is 19.1. The van der Waals surface area contributed by atoms with Crippen LogP contribution in [0.3, 0.4) is 0 Å². The molecule has 26 heavy (non-hydrogen) atoms. The number of amides is 1. The van der Waals surface area contributed by atoms with Gasteiger partial charge in [0.05, 0.1) is 17.7 Å².